The van der Waals surface area contributed by atoms with Crippen LogP contribution < -0.4 is 31.4 Å². The fourth-order valence-electron chi connectivity index (χ4n) is 7.07. The van der Waals surface area contributed by atoms with E-state index in [4.69, 9.17) is 35.5 Å². The van der Waals surface area contributed by atoms with Crippen LogP contribution >= 0.6 is 0 Å². The number of fused-ring (bicyclic) bond motifs is 7. The first-order chi connectivity index (χ1) is 22.0. The van der Waals surface area contributed by atoms with Crippen LogP contribution in [0.4, 0.5) is 0 Å². The Labute approximate surface area is 289 Å². The van der Waals surface area contributed by atoms with Crippen molar-refractivity contribution in [2.45, 2.75) is 53.9 Å². The summed E-state index contributed by atoms with van der Waals surface area (Å²) < 4.78 is 10.2. The second-order valence-corrected chi connectivity index (χ2v) is 12.0. The van der Waals surface area contributed by atoms with Crippen molar-refractivity contribution in [1.82, 2.24) is 15.0 Å². The molecule has 0 saturated carbocycles. The van der Waals surface area contributed by atoms with Crippen molar-refractivity contribution >= 4 is 70.7 Å². The van der Waals surface area contributed by atoms with Crippen LogP contribution in [0.1, 0.15) is 87.6 Å². The number of allylic oxidation sites excluding steroid dienone is 2. The summed E-state index contributed by atoms with van der Waals surface area (Å²) in [6.07, 6.45) is 8.91. The van der Waals surface area contributed by atoms with Crippen LogP contribution in [0.2, 0.25) is 0 Å². The number of ketones is 1. The smallest absolute Gasteiger partial charge is 0.664 e. The van der Waals surface area contributed by atoms with E-state index in [1.165, 1.54) is 7.11 Å². The standard InChI is InChI=1S/C36H38N5O5.Mg/c1-8-20-16(3)23-12-25-18(5)22(10-11-29(42)45-7)33(40-25)31-32(36(44)46-15-37)35(43)30-19(6)26(41-34(30)31)14-28-21(9-2)17(4)24(39-28)13-27(20)38-23;/h8,12-14,18,22,32H,1,9-11,15,37H2,2-7H3,(H-,40,41,43);/q-3;+2/p-1/b24-13-,25-12-,28-14-;/t18-,22-,32+;/m0./s1. The van der Waals surface area contributed by atoms with Gasteiger partial charge in [-0.15, -0.1) is 33.5 Å². The number of esters is 2. The molecule has 11 heteroatoms. The second kappa shape index (κ2) is 13.2. The van der Waals surface area contributed by atoms with Gasteiger partial charge in [-0.2, -0.15) is 11.4 Å². The van der Waals surface area contributed by atoms with Crippen LogP contribution in [0.3, 0.4) is 0 Å². The average Bonchev–Trinajstić information content (AvgIpc) is 3.77. The van der Waals surface area contributed by atoms with Gasteiger partial charge in [0.05, 0.1) is 7.11 Å². The second-order valence-electron chi connectivity index (χ2n) is 12.0. The van der Waals surface area contributed by atoms with E-state index in [1.54, 1.807) is 6.08 Å². The largest absolute Gasteiger partial charge is 2.00 e. The summed E-state index contributed by atoms with van der Waals surface area (Å²) >= 11 is 0. The summed E-state index contributed by atoms with van der Waals surface area (Å²) in [5.74, 6) is -3.29. The van der Waals surface area contributed by atoms with Crippen LogP contribution in [0.5, 0.6) is 0 Å². The first-order valence-electron chi connectivity index (χ1n) is 15.5. The Balaban J connectivity index is 0.00000433. The normalized spacial score (nSPS) is 23.4. The monoisotopic (exact) mass is 643 g/mol. The number of carbonyl (C=O) groups excluding carboxylic acids is 3. The number of aromatic nitrogens is 3. The number of rotatable bonds is 7. The van der Waals surface area contributed by atoms with E-state index in [-0.39, 0.29) is 54.0 Å². The molecule has 0 radical (unpaired) electrons. The van der Waals surface area contributed by atoms with Gasteiger partial charge in [-0.05, 0) is 51.0 Å². The molecule has 3 aromatic rings. The molecule has 2 aliphatic heterocycles. The van der Waals surface area contributed by atoms with Crippen molar-refractivity contribution < 1.29 is 23.9 Å². The van der Waals surface area contributed by atoms with Gasteiger partial charge in [-0.1, -0.05) is 72.6 Å². The molecule has 3 aromatic heterocycles. The third-order valence-corrected chi connectivity index (χ3v) is 9.66. The Morgan fingerprint density at radius 3 is 2.36 bits per heavy atom. The van der Waals surface area contributed by atoms with E-state index in [1.807, 2.05) is 45.9 Å². The SMILES string of the molecule is C=Cc1c2[n-]c(c1C)/C=C1\[N-]/C(=C3\c4[n-]c(c(C)c4C(=O)[C@@H]3C(=O)OCN)/C=c3\[n-]/c(c(C)c3CC)=C\2)[C@@H](CCC(=O)OC)[C@@H]1C.[Mg+2]. The van der Waals surface area contributed by atoms with Crippen molar-refractivity contribution in [3.63, 3.8) is 0 Å². The molecule has 0 amide bonds. The summed E-state index contributed by atoms with van der Waals surface area (Å²) in [6.45, 7) is 13.7. The number of hydrogen-bond donors (Lipinski definition) is 1. The van der Waals surface area contributed by atoms with Crippen molar-refractivity contribution in [2.75, 3.05) is 13.8 Å². The van der Waals surface area contributed by atoms with Crippen LogP contribution in [0.15, 0.2) is 18.0 Å². The summed E-state index contributed by atoms with van der Waals surface area (Å²) in [5, 5.41) is 6.67. The number of methoxy groups -OCH3 is 1. The number of Topliss-reactive ketones (excluding diaryl/α,β-unsaturated/α-hetero) is 1. The molecular weight excluding hydrogens is 607 g/mol. The molecule has 47 heavy (non-hydrogen) atoms. The summed E-state index contributed by atoms with van der Waals surface area (Å²) in [4.78, 5) is 54.8. The molecule has 3 aliphatic rings. The predicted molar refractivity (Wildman–Crippen MR) is 180 cm³/mol. The zero-order chi connectivity index (χ0) is 33.0. The van der Waals surface area contributed by atoms with Crippen LogP contribution in [0.25, 0.3) is 35.2 Å². The Bertz CT molecular complexity index is 2010. The number of hydrogen-bond acceptors (Lipinski definition) is 6. The third kappa shape index (κ3) is 5.53. The molecular formula is C36H37MgN5O5-2. The molecule has 8 bridgehead atoms. The molecule has 1 saturated heterocycles. The molecule has 5 heterocycles. The number of carbonyl (C=O) groups is 3. The molecule has 0 spiro atoms. The van der Waals surface area contributed by atoms with Gasteiger partial charge in [-0.3, -0.25) is 20.1 Å². The van der Waals surface area contributed by atoms with E-state index in [2.05, 4.69) is 13.5 Å². The summed E-state index contributed by atoms with van der Waals surface area (Å²) in [6, 6.07) is 0. The zero-order valence-electron chi connectivity index (χ0n) is 27.7. The van der Waals surface area contributed by atoms with Gasteiger partial charge < -0.3 is 29.7 Å². The fourth-order valence-corrected chi connectivity index (χ4v) is 7.07. The number of nitrogens with zero attached hydrogens (tertiary/aromatic N) is 4. The minimum absolute atomic E-state index is 0. The zero-order valence-corrected chi connectivity index (χ0v) is 29.1. The van der Waals surface area contributed by atoms with E-state index >= 15 is 0 Å². The van der Waals surface area contributed by atoms with Crippen molar-refractivity contribution in [1.29, 1.82) is 0 Å². The summed E-state index contributed by atoms with van der Waals surface area (Å²) in [5.41, 5.74) is 14.7. The number of nitrogens with two attached hydrogens (primary N) is 1. The molecule has 2 N–H and O–H groups in total. The van der Waals surface area contributed by atoms with E-state index in [9.17, 15) is 14.4 Å². The fraction of sp³-hybridized carbons (Fsp3) is 0.361. The third-order valence-electron chi connectivity index (χ3n) is 9.66. The Kier molecular flexibility index (Phi) is 9.63. The molecule has 1 aliphatic carbocycles. The van der Waals surface area contributed by atoms with Gasteiger partial charge >= 0.3 is 35.0 Å². The molecule has 3 atom stereocenters. The van der Waals surface area contributed by atoms with E-state index in [0.29, 0.717) is 45.9 Å². The van der Waals surface area contributed by atoms with Crippen LogP contribution in [0, 0.1) is 38.5 Å². The van der Waals surface area contributed by atoms with Crippen molar-refractivity contribution in [2.24, 2.45) is 23.5 Å². The Hall–Kier alpha value is -4.06. The minimum atomic E-state index is -1.27. The van der Waals surface area contributed by atoms with Gasteiger partial charge in [0.1, 0.15) is 12.6 Å². The molecule has 0 aromatic carbocycles. The Morgan fingerprint density at radius 2 is 1.70 bits per heavy atom. The minimum Gasteiger partial charge on any atom is -0.664 e. The van der Waals surface area contributed by atoms with Gasteiger partial charge in [0.2, 0.25) is 0 Å². The number of ether oxygens (including phenoxy) is 2. The first kappa shape index (κ1) is 34.3. The van der Waals surface area contributed by atoms with E-state index < -0.39 is 17.7 Å². The van der Waals surface area contributed by atoms with Gasteiger partial charge in [0.15, 0.2) is 5.78 Å². The maximum Gasteiger partial charge on any atom is 2.00 e. The van der Waals surface area contributed by atoms with Gasteiger partial charge in [0.25, 0.3) is 0 Å². The first-order valence-corrected chi connectivity index (χ1v) is 15.5. The van der Waals surface area contributed by atoms with Crippen molar-refractivity contribution in [3.8, 4) is 0 Å². The van der Waals surface area contributed by atoms with Crippen molar-refractivity contribution in [3.05, 3.63) is 90.1 Å². The molecule has 10 nitrogen and oxygen atoms in total. The Morgan fingerprint density at radius 1 is 1.00 bits per heavy atom. The van der Waals surface area contributed by atoms with Gasteiger partial charge in [-0.25, -0.2) is 0 Å². The maximum absolute atomic E-state index is 14.1. The topological polar surface area (TPSA) is 152 Å². The molecule has 1 fully saturated rings. The quantitative estimate of drug-likeness (QED) is 0.177. The van der Waals surface area contributed by atoms with Gasteiger partial charge in [0, 0.05) is 12.0 Å². The molecule has 6 rings (SSSR count). The van der Waals surface area contributed by atoms with Crippen LogP contribution in [-0.4, -0.2) is 54.6 Å². The predicted octanol–water partition coefficient (Wildman–Crippen LogP) is 2.90. The average molecular weight is 644 g/mol. The van der Waals surface area contributed by atoms with E-state index in [0.717, 1.165) is 50.8 Å². The molecule has 0 unspecified atom stereocenters. The molecule has 240 valence electrons. The maximum atomic E-state index is 14.1. The summed E-state index contributed by atoms with van der Waals surface area (Å²) in [7, 11) is 1.35. The van der Waals surface area contributed by atoms with Crippen LogP contribution in [-0.2, 0) is 25.5 Å².